The van der Waals surface area contributed by atoms with Crippen LogP contribution in [0, 0.1) is 11.3 Å². The normalized spacial score (nSPS) is 19.1. The second-order valence-corrected chi connectivity index (χ2v) is 3.02. The lowest BCUT2D eigenvalue weighted by molar-refractivity contribution is -0.161. The monoisotopic (exact) mass is 190 g/mol. The molecule has 1 aliphatic rings. The summed E-state index contributed by atoms with van der Waals surface area (Å²) in [5, 5.41) is 8.73. The molecule has 1 fully saturated rings. The third-order valence-electron chi connectivity index (χ3n) is 2.19. The highest BCUT2D eigenvalue weighted by Gasteiger charge is 2.38. The van der Waals surface area contributed by atoms with E-state index >= 15 is 0 Å². The summed E-state index contributed by atoms with van der Waals surface area (Å²) in [5.41, 5.74) is 0.853. The van der Waals surface area contributed by atoms with Crippen molar-refractivity contribution in [3.8, 4) is 6.07 Å². The van der Waals surface area contributed by atoms with Crippen LogP contribution in [0.25, 0.3) is 0 Å². The van der Waals surface area contributed by atoms with E-state index < -0.39 is 5.79 Å². The average molecular weight is 190 g/mol. The molecule has 0 unspecified atom stereocenters. The summed E-state index contributed by atoms with van der Waals surface area (Å²) in [6.07, 6.45) is 3.54. The Bertz CT molecular complexity index is 339. The van der Waals surface area contributed by atoms with Crippen molar-refractivity contribution < 1.29 is 9.47 Å². The van der Waals surface area contributed by atoms with Crippen molar-refractivity contribution in [3.63, 3.8) is 0 Å². The number of aromatic nitrogens is 1. The predicted octanol–water partition coefficient (Wildman–Crippen LogP) is 1.19. The number of nitriles is 1. The fourth-order valence-electron chi connectivity index (χ4n) is 1.54. The van der Waals surface area contributed by atoms with Gasteiger partial charge in [-0.05, 0) is 12.1 Å². The second-order valence-electron chi connectivity index (χ2n) is 3.02. The van der Waals surface area contributed by atoms with Crippen LogP contribution in [0.3, 0.4) is 0 Å². The molecule has 0 atom stereocenters. The summed E-state index contributed by atoms with van der Waals surface area (Å²) in [6, 6.07) is 5.69. The van der Waals surface area contributed by atoms with Gasteiger partial charge in [0, 0.05) is 18.0 Å². The van der Waals surface area contributed by atoms with E-state index in [0.29, 0.717) is 13.2 Å². The number of hydrogen-bond acceptors (Lipinski definition) is 4. The summed E-state index contributed by atoms with van der Waals surface area (Å²) in [6.45, 7) is 1.06. The molecule has 4 nitrogen and oxygen atoms in total. The second kappa shape index (κ2) is 3.74. The summed E-state index contributed by atoms with van der Waals surface area (Å²) < 4.78 is 11.0. The topological polar surface area (TPSA) is 55.1 Å². The lowest BCUT2D eigenvalue weighted by Crippen LogP contribution is -2.26. The molecule has 72 valence electrons. The maximum atomic E-state index is 8.73. The molecule has 14 heavy (non-hydrogen) atoms. The Labute approximate surface area is 82.1 Å². The van der Waals surface area contributed by atoms with E-state index in [9.17, 15) is 0 Å². The van der Waals surface area contributed by atoms with Crippen LogP contribution in [-0.4, -0.2) is 18.2 Å². The Morgan fingerprint density at radius 2 is 2.00 bits per heavy atom. The summed E-state index contributed by atoms with van der Waals surface area (Å²) in [5.74, 6) is -0.863. The molecule has 2 rings (SSSR count). The van der Waals surface area contributed by atoms with Crippen LogP contribution in [0.4, 0.5) is 0 Å². The van der Waals surface area contributed by atoms with Crippen LogP contribution >= 0.6 is 0 Å². The third kappa shape index (κ3) is 1.48. The van der Waals surface area contributed by atoms with E-state index in [1.54, 1.807) is 12.4 Å². The minimum absolute atomic E-state index is 0.205. The van der Waals surface area contributed by atoms with Gasteiger partial charge >= 0.3 is 0 Å². The van der Waals surface area contributed by atoms with Crippen LogP contribution in [0.15, 0.2) is 24.5 Å². The van der Waals surface area contributed by atoms with E-state index in [1.165, 1.54) is 0 Å². The molecule has 0 N–H and O–H groups in total. The van der Waals surface area contributed by atoms with E-state index in [2.05, 4.69) is 11.1 Å². The molecule has 0 amide bonds. The van der Waals surface area contributed by atoms with E-state index in [-0.39, 0.29) is 6.42 Å². The Kier molecular flexibility index (Phi) is 2.44. The number of rotatable bonds is 2. The first-order chi connectivity index (χ1) is 6.87. The molecular weight excluding hydrogens is 180 g/mol. The molecule has 1 aromatic rings. The molecule has 0 radical (unpaired) electrons. The lowest BCUT2D eigenvalue weighted by atomic mass is 10.0. The zero-order valence-electron chi connectivity index (χ0n) is 7.64. The first kappa shape index (κ1) is 9.13. The van der Waals surface area contributed by atoms with Crippen LogP contribution in [0.5, 0.6) is 0 Å². The van der Waals surface area contributed by atoms with Gasteiger partial charge < -0.3 is 9.47 Å². The molecule has 0 aliphatic carbocycles. The largest absolute Gasteiger partial charge is 0.343 e. The zero-order valence-corrected chi connectivity index (χ0v) is 7.64. The van der Waals surface area contributed by atoms with E-state index in [1.807, 2.05) is 12.1 Å². The highest BCUT2D eigenvalue weighted by Crippen LogP contribution is 2.33. The number of nitrogens with zero attached hydrogens (tertiary/aromatic N) is 2. The first-order valence-electron chi connectivity index (χ1n) is 4.43. The Balaban J connectivity index is 2.32. The Hall–Kier alpha value is -1.44. The van der Waals surface area contributed by atoms with Gasteiger partial charge in [-0.1, -0.05) is 0 Å². The maximum absolute atomic E-state index is 8.73. The number of hydrogen-bond donors (Lipinski definition) is 0. The maximum Gasteiger partial charge on any atom is 0.208 e. The molecule has 4 heteroatoms. The molecule has 0 spiro atoms. The Morgan fingerprint density at radius 3 is 2.57 bits per heavy atom. The Morgan fingerprint density at radius 1 is 1.36 bits per heavy atom. The van der Waals surface area contributed by atoms with Gasteiger partial charge in [-0.25, -0.2) is 0 Å². The molecule has 1 saturated heterocycles. The van der Waals surface area contributed by atoms with Gasteiger partial charge in [-0.3, -0.25) is 4.98 Å². The molecule has 0 saturated carbocycles. The van der Waals surface area contributed by atoms with E-state index in [4.69, 9.17) is 14.7 Å². The van der Waals surface area contributed by atoms with Gasteiger partial charge in [0.15, 0.2) is 0 Å². The molecule has 2 heterocycles. The van der Waals surface area contributed by atoms with Crippen LogP contribution < -0.4 is 0 Å². The van der Waals surface area contributed by atoms with Gasteiger partial charge in [0.05, 0.1) is 25.7 Å². The fourth-order valence-corrected chi connectivity index (χ4v) is 1.54. The minimum Gasteiger partial charge on any atom is -0.343 e. The fraction of sp³-hybridized carbons (Fsp3) is 0.400. The van der Waals surface area contributed by atoms with Gasteiger partial charge in [0.1, 0.15) is 0 Å². The van der Waals surface area contributed by atoms with Crippen molar-refractivity contribution in [2.24, 2.45) is 0 Å². The SMILES string of the molecule is N#CCC1(c2ccncc2)OCCO1. The summed E-state index contributed by atoms with van der Waals surface area (Å²) in [4.78, 5) is 3.91. The smallest absolute Gasteiger partial charge is 0.208 e. The van der Waals surface area contributed by atoms with Crippen molar-refractivity contribution in [2.45, 2.75) is 12.2 Å². The average Bonchev–Trinajstić information content (AvgIpc) is 2.70. The van der Waals surface area contributed by atoms with Crippen molar-refractivity contribution in [1.82, 2.24) is 4.98 Å². The van der Waals surface area contributed by atoms with E-state index in [0.717, 1.165) is 5.56 Å². The molecular formula is C10H10N2O2. The van der Waals surface area contributed by atoms with Crippen molar-refractivity contribution >= 4 is 0 Å². The van der Waals surface area contributed by atoms with Crippen molar-refractivity contribution in [2.75, 3.05) is 13.2 Å². The predicted molar refractivity (Wildman–Crippen MR) is 48.0 cm³/mol. The lowest BCUT2D eigenvalue weighted by Gasteiger charge is -2.24. The van der Waals surface area contributed by atoms with Gasteiger partial charge in [0.25, 0.3) is 0 Å². The van der Waals surface area contributed by atoms with Crippen LogP contribution in [0.1, 0.15) is 12.0 Å². The molecule has 1 aromatic heterocycles. The molecule has 1 aliphatic heterocycles. The van der Waals surface area contributed by atoms with Crippen molar-refractivity contribution in [1.29, 1.82) is 5.26 Å². The molecule has 0 aromatic carbocycles. The first-order valence-corrected chi connectivity index (χ1v) is 4.43. The van der Waals surface area contributed by atoms with Crippen LogP contribution in [-0.2, 0) is 15.3 Å². The van der Waals surface area contributed by atoms with Crippen LogP contribution in [0.2, 0.25) is 0 Å². The standard InChI is InChI=1S/C10H10N2O2/c11-4-3-10(13-7-8-14-10)9-1-5-12-6-2-9/h1-2,5-6H,3,7-8H2. The highest BCUT2D eigenvalue weighted by atomic mass is 16.7. The number of pyridine rings is 1. The van der Waals surface area contributed by atoms with Gasteiger partial charge in [-0.2, -0.15) is 5.26 Å². The quantitative estimate of drug-likeness (QED) is 0.703. The zero-order chi connectivity index (χ0) is 9.86. The third-order valence-corrected chi connectivity index (χ3v) is 2.19. The minimum atomic E-state index is -0.863. The summed E-state index contributed by atoms with van der Waals surface area (Å²) >= 11 is 0. The van der Waals surface area contributed by atoms with Crippen molar-refractivity contribution in [3.05, 3.63) is 30.1 Å². The summed E-state index contributed by atoms with van der Waals surface area (Å²) in [7, 11) is 0. The number of ether oxygens (including phenoxy) is 2. The van der Waals surface area contributed by atoms with Gasteiger partial charge in [0.2, 0.25) is 5.79 Å². The van der Waals surface area contributed by atoms with Gasteiger partial charge in [-0.15, -0.1) is 0 Å². The molecule has 0 bridgehead atoms. The highest BCUT2D eigenvalue weighted by molar-refractivity contribution is 5.19.